The van der Waals surface area contributed by atoms with Crippen molar-refractivity contribution in [2.24, 2.45) is 0 Å². The Morgan fingerprint density at radius 2 is 1.44 bits per heavy atom. The molecular formula is C13H13N3. The molecule has 1 heterocycles. The van der Waals surface area contributed by atoms with Crippen LogP contribution in [0.25, 0.3) is 0 Å². The first-order chi connectivity index (χ1) is 7.72. The second kappa shape index (κ2) is 3.17. The molecule has 0 spiro atoms. The highest BCUT2D eigenvalue weighted by Crippen LogP contribution is 2.39. The maximum absolute atomic E-state index is 5.76. The molecule has 0 aromatic heterocycles. The Labute approximate surface area is 94.3 Å². The van der Waals surface area contributed by atoms with Crippen LogP contribution in [0.5, 0.6) is 0 Å². The molecule has 0 radical (unpaired) electrons. The first-order valence-electron chi connectivity index (χ1n) is 5.26. The highest BCUT2D eigenvalue weighted by Gasteiger charge is 2.13. The molecule has 0 bridgehead atoms. The van der Waals surface area contributed by atoms with Gasteiger partial charge < -0.3 is 16.4 Å². The number of benzene rings is 2. The number of nitrogens with one attached hydrogen (secondary N) is 2. The van der Waals surface area contributed by atoms with Gasteiger partial charge in [0.2, 0.25) is 0 Å². The Morgan fingerprint density at radius 3 is 2.19 bits per heavy atom. The number of aryl methyl sites for hydroxylation is 1. The van der Waals surface area contributed by atoms with Crippen molar-refractivity contribution in [1.82, 2.24) is 0 Å². The van der Waals surface area contributed by atoms with Gasteiger partial charge in [-0.25, -0.2) is 0 Å². The van der Waals surface area contributed by atoms with Gasteiger partial charge in [0.25, 0.3) is 0 Å². The van der Waals surface area contributed by atoms with E-state index >= 15 is 0 Å². The summed E-state index contributed by atoms with van der Waals surface area (Å²) in [6.45, 7) is 2.08. The Morgan fingerprint density at radius 1 is 0.812 bits per heavy atom. The summed E-state index contributed by atoms with van der Waals surface area (Å²) in [5.41, 5.74) is 12.1. The SMILES string of the molecule is Cc1ccc2c(c1)Nc1ccc(N)cc1N2. The van der Waals surface area contributed by atoms with Crippen molar-refractivity contribution in [3.05, 3.63) is 42.0 Å². The summed E-state index contributed by atoms with van der Waals surface area (Å²) in [5, 5.41) is 6.76. The van der Waals surface area contributed by atoms with Gasteiger partial charge in [-0.1, -0.05) is 6.07 Å². The molecule has 80 valence electrons. The fourth-order valence-corrected chi connectivity index (χ4v) is 1.93. The number of fused-ring (bicyclic) bond motifs is 2. The molecule has 0 saturated heterocycles. The minimum Gasteiger partial charge on any atom is -0.399 e. The van der Waals surface area contributed by atoms with Crippen LogP contribution in [0, 0.1) is 6.92 Å². The summed E-state index contributed by atoms with van der Waals surface area (Å²) < 4.78 is 0. The Bertz CT molecular complexity index is 510. The molecule has 3 nitrogen and oxygen atoms in total. The third kappa shape index (κ3) is 1.37. The van der Waals surface area contributed by atoms with Crippen molar-refractivity contribution in [3.8, 4) is 0 Å². The second-order valence-corrected chi connectivity index (χ2v) is 4.10. The molecule has 3 heteroatoms. The normalized spacial score (nSPS) is 12.1. The Balaban J connectivity index is 2.09. The predicted octanol–water partition coefficient (Wildman–Crippen LogP) is 3.38. The number of nitrogens with two attached hydrogens (primary N) is 1. The molecule has 16 heavy (non-hydrogen) atoms. The fraction of sp³-hybridized carbons (Fsp3) is 0.0769. The van der Waals surface area contributed by atoms with E-state index in [1.54, 1.807) is 0 Å². The Hall–Kier alpha value is -2.16. The van der Waals surface area contributed by atoms with Gasteiger partial charge in [0.05, 0.1) is 22.7 Å². The van der Waals surface area contributed by atoms with Crippen molar-refractivity contribution in [2.75, 3.05) is 16.4 Å². The summed E-state index contributed by atoms with van der Waals surface area (Å²) in [7, 11) is 0. The first kappa shape index (κ1) is 9.09. The van der Waals surface area contributed by atoms with E-state index in [4.69, 9.17) is 5.73 Å². The average molecular weight is 211 g/mol. The zero-order valence-corrected chi connectivity index (χ0v) is 9.04. The molecule has 0 aliphatic carbocycles. The summed E-state index contributed by atoms with van der Waals surface area (Å²) in [6.07, 6.45) is 0. The van der Waals surface area contributed by atoms with Crippen molar-refractivity contribution < 1.29 is 0 Å². The van der Waals surface area contributed by atoms with Gasteiger partial charge in [0.15, 0.2) is 0 Å². The summed E-state index contributed by atoms with van der Waals surface area (Å²) >= 11 is 0. The van der Waals surface area contributed by atoms with E-state index in [-0.39, 0.29) is 0 Å². The number of hydrogen-bond acceptors (Lipinski definition) is 3. The lowest BCUT2D eigenvalue weighted by molar-refractivity contribution is 1.40. The van der Waals surface area contributed by atoms with Gasteiger partial charge >= 0.3 is 0 Å². The van der Waals surface area contributed by atoms with Crippen LogP contribution in [0.15, 0.2) is 36.4 Å². The van der Waals surface area contributed by atoms with Crippen LogP contribution in [0.3, 0.4) is 0 Å². The first-order valence-corrected chi connectivity index (χ1v) is 5.26. The quantitative estimate of drug-likeness (QED) is 0.500. The molecule has 4 N–H and O–H groups in total. The maximum Gasteiger partial charge on any atom is 0.0644 e. The molecule has 0 fully saturated rings. The van der Waals surface area contributed by atoms with Gasteiger partial charge in [0, 0.05) is 5.69 Å². The fourth-order valence-electron chi connectivity index (χ4n) is 1.93. The van der Waals surface area contributed by atoms with E-state index in [1.807, 2.05) is 18.2 Å². The minimum absolute atomic E-state index is 0.767. The molecule has 2 aromatic rings. The van der Waals surface area contributed by atoms with Gasteiger partial charge in [-0.2, -0.15) is 0 Å². The van der Waals surface area contributed by atoms with Crippen LogP contribution in [0.2, 0.25) is 0 Å². The van der Waals surface area contributed by atoms with Crippen LogP contribution < -0.4 is 16.4 Å². The van der Waals surface area contributed by atoms with E-state index in [2.05, 4.69) is 35.8 Å². The number of hydrogen-bond donors (Lipinski definition) is 3. The van der Waals surface area contributed by atoms with E-state index in [1.165, 1.54) is 5.56 Å². The number of rotatable bonds is 0. The maximum atomic E-state index is 5.76. The van der Waals surface area contributed by atoms with E-state index < -0.39 is 0 Å². The molecule has 1 aliphatic heterocycles. The third-order valence-corrected chi connectivity index (χ3v) is 2.76. The highest BCUT2D eigenvalue weighted by atomic mass is 15.0. The molecule has 0 saturated carbocycles. The van der Waals surface area contributed by atoms with Crippen LogP contribution in [-0.4, -0.2) is 0 Å². The van der Waals surface area contributed by atoms with Crippen LogP contribution in [0.4, 0.5) is 28.4 Å². The summed E-state index contributed by atoms with van der Waals surface area (Å²) in [4.78, 5) is 0. The van der Waals surface area contributed by atoms with Gasteiger partial charge in [-0.05, 0) is 42.8 Å². The monoisotopic (exact) mass is 211 g/mol. The predicted molar refractivity (Wildman–Crippen MR) is 68.6 cm³/mol. The molecule has 0 amide bonds. The van der Waals surface area contributed by atoms with Gasteiger partial charge in [-0.3, -0.25) is 0 Å². The molecular weight excluding hydrogens is 198 g/mol. The lowest BCUT2D eigenvalue weighted by Crippen LogP contribution is -2.06. The lowest BCUT2D eigenvalue weighted by atomic mass is 10.1. The molecule has 3 rings (SSSR count). The summed E-state index contributed by atoms with van der Waals surface area (Å²) in [5.74, 6) is 0. The number of anilines is 5. The topological polar surface area (TPSA) is 50.1 Å². The van der Waals surface area contributed by atoms with Crippen molar-refractivity contribution in [2.45, 2.75) is 6.92 Å². The zero-order valence-electron chi connectivity index (χ0n) is 9.04. The third-order valence-electron chi connectivity index (χ3n) is 2.76. The zero-order chi connectivity index (χ0) is 11.1. The minimum atomic E-state index is 0.767. The van der Waals surface area contributed by atoms with Crippen molar-refractivity contribution >= 4 is 28.4 Å². The van der Waals surface area contributed by atoms with Gasteiger partial charge in [-0.15, -0.1) is 0 Å². The number of nitrogen functional groups attached to an aromatic ring is 1. The van der Waals surface area contributed by atoms with Crippen LogP contribution >= 0.6 is 0 Å². The second-order valence-electron chi connectivity index (χ2n) is 4.10. The lowest BCUT2D eigenvalue weighted by Gasteiger charge is -2.23. The van der Waals surface area contributed by atoms with E-state index in [0.29, 0.717) is 0 Å². The summed E-state index contributed by atoms with van der Waals surface area (Å²) in [6, 6.07) is 12.1. The average Bonchev–Trinajstić information content (AvgIpc) is 2.26. The standard InChI is InChI=1S/C13H13N3/c1-8-2-4-10-12(6-8)15-11-5-3-9(14)7-13(11)16-10/h2-7,15-16H,14H2,1H3. The van der Waals surface area contributed by atoms with Crippen molar-refractivity contribution in [1.29, 1.82) is 0 Å². The largest absolute Gasteiger partial charge is 0.399 e. The van der Waals surface area contributed by atoms with E-state index in [0.717, 1.165) is 28.4 Å². The highest BCUT2D eigenvalue weighted by molar-refractivity contribution is 5.91. The molecule has 0 unspecified atom stereocenters. The van der Waals surface area contributed by atoms with Crippen molar-refractivity contribution in [3.63, 3.8) is 0 Å². The van der Waals surface area contributed by atoms with Gasteiger partial charge in [0.1, 0.15) is 0 Å². The van der Waals surface area contributed by atoms with E-state index in [9.17, 15) is 0 Å². The molecule has 2 aromatic carbocycles. The molecule has 1 aliphatic rings. The molecule has 0 atom stereocenters. The van der Waals surface area contributed by atoms with Crippen LogP contribution in [-0.2, 0) is 0 Å². The Kier molecular flexibility index (Phi) is 1.80. The van der Waals surface area contributed by atoms with Crippen LogP contribution in [0.1, 0.15) is 5.56 Å². The smallest absolute Gasteiger partial charge is 0.0644 e.